The molecule has 6 rings (SSSR count). The molecule has 0 bridgehead atoms. The van der Waals surface area contributed by atoms with Crippen molar-refractivity contribution in [2.75, 3.05) is 35.6 Å². The lowest BCUT2D eigenvalue weighted by Gasteiger charge is -2.61. The summed E-state index contributed by atoms with van der Waals surface area (Å²) < 4.78 is 0. The third-order valence-corrected chi connectivity index (χ3v) is 7.85. The van der Waals surface area contributed by atoms with Crippen molar-refractivity contribution in [3.63, 3.8) is 0 Å². The molecular formula is C30H33N7O3. The van der Waals surface area contributed by atoms with Crippen LogP contribution in [0.4, 0.5) is 31.4 Å². The van der Waals surface area contributed by atoms with E-state index in [1.165, 1.54) is 0 Å². The Bertz CT molecular complexity index is 1180. The number of benzene rings is 3. The average molecular weight is 540 g/mol. The maximum absolute atomic E-state index is 13.5. The summed E-state index contributed by atoms with van der Waals surface area (Å²) in [6, 6.07) is 27.7. The quantitative estimate of drug-likeness (QED) is 0.432. The fraction of sp³-hybridized carbons (Fsp3) is 0.300. The van der Waals surface area contributed by atoms with Crippen LogP contribution in [0.15, 0.2) is 91.0 Å². The summed E-state index contributed by atoms with van der Waals surface area (Å²) in [6.07, 6.45) is 0.976. The summed E-state index contributed by atoms with van der Waals surface area (Å²) in [4.78, 5) is 48.1. The molecule has 3 aromatic carbocycles. The number of carbonyl (C=O) groups excluding carboxylic acids is 3. The summed E-state index contributed by atoms with van der Waals surface area (Å²) in [7, 11) is 0. The molecule has 3 aromatic rings. The Hall–Kier alpha value is -4.57. The average Bonchev–Trinajstić information content (AvgIpc) is 2.99. The van der Waals surface area contributed by atoms with Crippen LogP contribution in [0.5, 0.6) is 0 Å². The predicted octanol–water partition coefficient (Wildman–Crippen LogP) is 5.08. The zero-order valence-corrected chi connectivity index (χ0v) is 22.1. The van der Waals surface area contributed by atoms with E-state index in [0.717, 1.165) is 17.1 Å². The molecule has 0 saturated carbocycles. The van der Waals surface area contributed by atoms with Gasteiger partial charge in [0.15, 0.2) is 0 Å². The second-order valence-electron chi connectivity index (χ2n) is 10.2. The molecule has 0 spiro atoms. The second kappa shape index (κ2) is 11.3. The van der Waals surface area contributed by atoms with Crippen molar-refractivity contribution in [3.05, 3.63) is 91.0 Å². The first kappa shape index (κ1) is 25.7. The van der Waals surface area contributed by atoms with Gasteiger partial charge in [-0.2, -0.15) is 0 Å². The molecule has 0 aliphatic carbocycles. The van der Waals surface area contributed by atoms with Crippen molar-refractivity contribution in [3.8, 4) is 0 Å². The van der Waals surface area contributed by atoms with Crippen LogP contribution in [0.25, 0.3) is 0 Å². The molecule has 0 unspecified atom stereocenters. The molecule has 0 aromatic heterocycles. The molecule has 3 fully saturated rings. The minimum absolute atomic E-state index is 0.179. The number of hydrogen-bond acceptors (Lipinski definition) is 4. The van der Waals surface area contributed by atoms with Gasteiger partial charge in [0.2, 0.25) is 0 Å². The van der Waals surface area contributed by atoms with E-state index in [1.807, 2.05) is 106 Å². The van der Waals surface area contributed by atoms with Crippen LogP contribution >= 0.6 is 0 Å². The van der Waals surface area contributed by atoms with E-state index >= 15 is 0 Å². The van der Waals surface area contributed by atoms with Crippen LogP contribution in [-0.4, -0.2) is 75.8 Å². The maximum atomic E-state index is 13.5. The zero-order valence-electron chi connectivity index (χ0n) is 22.1. The largest absolute Gasteiger partial charge is 0.323 e. The number of nitrogens with one attached hydrogen (secondary N) is 3. The predicted molar refractivity (Wildman–Crippen MR) is 154 cm³/mol. The van der Waals surface area contributed by atoms with Crippen molar-refractivity contribution < 1.29 is 14.4 Å². The van der Waals surface area contributed by atoms with Crippen LogP contribution in [0, 0.1) is 0 Å². The van der Waals surface area contributed by atoms with Crippen LogP contribution in [0.2, 0.25) is 0 Å². The molecule has 40 heavy (non-hydrogen) atoms. The van der Waals surface area contributed by atoms with Crippen LogP contribution in [0.3, 0.4) is 0 Å². The van der Waals surface area contributed by atoms with E-state index in [2.05, 4.69) is 20.9 Å². The van der Waals surface area contributed by atoms with Crippen LogP contribution < -0.4 is 16.0 Å². The lowest BCUT2D eigenvalue weighted by molar-refractivity contribution is -0.164. The lowest BCUT2D eigenvalue weighted by atomic mass is 9.98. The Morgan fingerprint density at radius 1 is 0.475 bits per heavy atom. The molecule has 3 aliphatic heterocycles. The summed E-state index contributed by atoms with van der Waals surface area (Å²) in [5.41, 5.74) is 2.19. The molecule has 3 atom stereocenters. The van der Waals surface area contributed by atoms with Gasteiger partial charge in [0.1, 0.15) is 0 Å². The van der Waals surface area contributed by atoms with Gasteiger partial charge < -0.3 is 30.7 Å². The monoisotopic (exact) mass is 539 g/mol. The van der Waals surface area contributed by atoms with E-state index in [1.54, 1.807) is 0 Å². The molecule has 3 saturated heterocycles. The number of rotatable bonds is 3. The van der Waals surface area contributed by atoms with Crippen molar-refractivity contribution in [1.82, 2.24) is 19.6 Å². The van der Waals surface area contributed by atoms with E-state index in [4.69, 9.17) is 0 Å². The highest BCUT2D eigenvalue weighted by molar-refractivity contribution is 5.91. The van der Waals surface area contributed by atoms with Crippen molar-refractivity contribution in [2.45, 2.75) is 37.8 Å². The van der Waals surface area contributed by atoms with Gasteiger partial charge in [-0.15, -0.1) is 0 Å². The Morgan fingerprint density at radius 3 is 1.02 bits per heavy atom. The first-order chi connectivity index (χ1) is 19.6. The van der Waals surface area contributed by atoms with E-state index in [-0.39, 0.29) is 36.6 Å². The van der Waals surface area contributed by atoms with Crippen LogP contribution in [0.1, 0.15) is 19.3 Å². The Balaban J connectivity index is 1.25. The smallest absolute Gasteiger partial charge is 0.308 e. The SMILES string of the molecule is O=C(Nc1ccccc1)N1CC[C@@H]2N(C(=O)Nc3ccccc3)CC[C@H]3N(C(=O)Nc4ccccc4)CC[C@H]1N23. The molecule has 10 heteroatoms. The van der Waals surface area contributed by atoms with Crippen molar-refractivity contribution in [2.24, 2.45) is 0 Å². The highest BCUT2D eigenvalue weighted by Gasteiger charge is 2.52. The molecule has 10 nitrogen and oxygen atoms in total. The summed E-state index contributed by atoms with van der Waals surface area (Å²) >= 11 is 0. The van der Waals surface area contributed by atoms with Gasteiger partial charge in [-0.25, -0.2) is 19.3 Å². The molecule has 0 radical (unpaired) electrons. The van der Waals surface area contributed by atoms with Crippen molar-refractivity contribution >= 4 is 35.2 Å². The van der Waals surface area contributed by atoms with E-state index < -0.39 is 0 Å². The number of nitrogens with zero attached hydrogens (tertiary/aromatic N) is 4. The lowest BCUT2D eigenvalue weighted by Crippen LogP contribution is -2.76. The number of hydrogen-bond donors (Lipinski definition) is 3. The van der Waals surface area contributed by atoms with Gasteiger partial charge in [0, 0.05) is 36.7 Å². The topological polar surface area (TPSA) is 100 Å². The molecule has 6 amide bonds. The normalized spacial score (nSPS) is 22.2. The van der Waals surface area contributed by atoms with Gasteiger partial charge in [0.25, 0.3) is 0 Å². The Labute approximate surface area is 233 Å². The molecular weight excluding hydrogens is 506 g/mol. The minimum Gasteiger partial charge on any atom is -0.308 e. The highest BCUT2D eigenvalue weighted by Crippen LogP contribution is 2.37. The van der Waals surface area contributed by atoms with Gasteiger partial charge in [-0.3, -0.25) is 0 Å². The standard InChI is InChI=1S/C30H33N7O3/c38-28(31-22-10-4-1-5-11-22)34-19-16-26-36(30(40)33-24-14-8-3-9-15-24)21-18-27-35(20-17-25(34)37(26)27)29(39)32-23-12-6-2-7-13-23/h1-15,25-27H,16-21H2,(H,31,38)(H,32,39)(H,33,40)/t25-,26-,27+/m1/s1. The second-order valence-corrected chi connectivity index (χ2v) is 10.2. The summed E-state index contributed by atoms with van der Waals surface area (Å²) in [6.45, 7) is 1.51. The maximum Gasteiger partial charge on any atom is 0.323 e. The fourth-order valence-corrected chi connectivity index (χ4v) is 6.07. The zero-order chi connectivity index (χ0) is 27.5. The highest BCUT2D eigenvalue weighted by atomic mass is 16.2. The van der Waals surface area contributed by atoms with Crippen LogP contribution in [-0.2, 0) is 0 Å². The first-order valence-electron chi connectivity index (χ1n) is 13.7. The summed E-state index contributed by atoms with van der Waals surface area (Å²) in [5, 5.41) is 9.05. The Kier molecular flexibility index (Phi) is 7.24. The third kappa shape index (κ3) is 5.17. The van der Waals surface area contributed by atoms with Gasteiger partial charge in [-0.05, 0) is 55.7 Å². The molecule has 206 valence electrons. The van der Waals surface area contributed by atoms with Gasteiger partial charge in [0.05, 0.1) is 18.5 Å². The molecule has 3 aliphatic rings. The number of para-hydroxylation sites is 3. The summed E-state index contributed by atoms with van der Waals surface area (Å²) in [5.74, 6) is 0. The fourth-order valence-electron chi connectivity index (χ4n) is 6.07. The number of anilines is 3. The van der Waals surface area contributed by atoms with Crippen molar-refractivity contribution in [1.29, 1.82) is 0 Å². The first-order valence-corrected chi connectivity index (χ1v) is 13.7. The van der Waals surface area contributed by atoms with E-state index in [0.29, 0.717) is 38.9 Å². The number of carbonyl (C=O) groups is 3. The number of amides is 6. The number of urea groups is 3. The molecule has 3 heterocycles. The van der Waals surface area contributed by atoms with Gasteiger partial charge >= 0.3 is 18.1 Å². The van der Waals surface area contributed by atoms with E-state index in [9.17, 15) is 14.4 Å². The third-order valence-electron chi connectivity index (χ3n) is 7.85. The minimum atomic E-state index is -0.249. The Morgan fingerprint density at radius 2 is 0.750 bits per heavy atom. The van der Waals surface area contributed by atoms with Gasteiger partial charge in [-0.1, -0.05) is 54.6 Å². The molecule has 3 N–H and O–H groups in total.